The van der Waals surface area contributed by atoms with Crippen LogP contribution in [0.2, 0.25) is 0 Å². The molecular formula is C16H28N4O2S. The minimum Gasteiger partial charge on any atom is -0.444 e. The van der Waals surface area contributed by atoms with Crippen LogP contribution >= 0.6 is 11.3 Å². The largest absolute Gasteiger partial charge is 0.444 e. The van der Waals surface area contributed by atoms with E-state index in [1.165, 1.54) is 9.75 Å². The molecule has 0 spiro atoms. The zero-order chi connectivity index (χ0) is 17.5. The lowest BCUT2D eigenvalue weighted by atomic mass is 10.2. The Kier molecular flexibility index (Phi) is 7.35. The monoisotopic (exact) mass is 340 g/mol. The van der Waals surface area contributed by atoms with Crippen LogP contribution in [-0.4, -0.2) is 49.7 Å². The van der Waals surface area contributed by atoms with E-state index in [1.54, 1.807) is 30.3 Å². The highest BCUT2D eigenvalue weighted by molar-refractivity contribution is 7.11. The molecule has 7 heteroatoms. The molecule has 1 aromatic heterocycles. The van der Waals surface area contributed by atoms with Gasteiger partial charge >= 0.3 is 6.09 Å². The van der Waals surface area contributed by atoms with E-state index >= 15 is 0 Å². The second-order valence-corrected chi connectivity index (χ2v) is 7.64. The van der Waals surface area contributed by atoms with Gasteiger partial charge in [0, 0.05) is 36.9 Å². The number of thiophene rings is 1. The third-order valence-corrected chi connectivity index (χ3v) is 3.90. The number of nitrogens with one attached hydrogen (secondary N) is 2. The fourth-order valence-electron chi connectivity index (χ4n) is 1.74. The first-order valence-electron chi connectivity index (χ1n) is 7.65. The minimum atomic E-state index is -0.477. The fraction of sp³-hybridized carbons (Fsp3) is 0.625. The summed E-state index contributed by atoms with van der Waals surface area (Å²) in [5.74, 6) is 0.716. The highest BCUT2D eigenvalue weighted by Crippen LogP contribution is 2.14. The summed E-state index contributed by atoms with van der Waals surface area (Å²) < 4.78 is 5.31. The molecule has 0 aromatic carbocycles. The Morgan fingerprint density at radius 2 is 2.04 bits per heavy atom. The zero-order valence-electron chi connectivity index (χ0n) is 14.9. The lowest BCUT2D eigenvalue weighted by molar-refractivity contribution is 0.0302. The maximum absolute atomic E-state index is 11.8. The number of guanidine groups is 1. The molecule has 2 N–H and O–H groups in total. The number of likely N-dealkylation sites (N-methyl/N-ethyl adjacent to an activating group) is 1. The first-order valence-corrected chi connectivity index (χ1v) is 8.47. The van der Waals surface area contributed by atoms with E-state index in [0.717, 1.165) is 6.54 Å². The van der Waals surface area contributed by atoms with Gasteiger partial charge < -0.3 is 20.3 Å². The van der Waals surface area contributed by atoms with Crippen molar-refractivity contribution in [1.82, 2.24) is 15.5 Å². The molecule has 0 fully saturated rings. The predicted octanol–water partition coefficient (Wildman–Crippen LogP) is 2.59. The van der Waals surface area contributed by atoms with Crippen LogP contribution in [0.25, 0.3) is 0 Å². The summed E-state index contributed by atoms with van der Waals surface area (Å²) >= 11 is 1.76. The third kappa shape index (κ3) is 7.88. The van der Waals surface area contributed by atoms with Gasteiger partial charge in [-0.3, -0.25) is 4.99 Å². The molecule has 1 heterocycles. The lowest BCUT2D eigenvalue weighted by Gasteiger charge is -2.24. The number of ether oxygens (including phenoxy) is 1. The van der Waals surface area contributed by atoms with Crippen LogP contribution in [0, 0.1) is 6.92 Å². The number of aryl methyl sites for hydroxylation is 1. The maximum Gasteiger partial charge on any atom is 0.410 e. The standard InChI is InChI=1S/C16H28N4O2S/c1-12-7-8-13(23-12)11-19-14(17-5)18-9-10-20(6)15(21)22-16(2,3)4/h7-8H,9-11H2,1-6H3,(H2,17,18,19). The smallest absolute Gasteiger partial charge is 0.410 e. The van der Waals surface area contributed by atoms with Crippen molar-refractivity contribution in [3.63, 3.8) is 0 Å². The van der Waals surface area contributed by atoms with Crippen molar-refractivity contribution in [2.24, 2.45) is 4.99 Å². The molecule has 1 aromatic rings. The molecule has 130 valence electrons. The van der Waals surface area contributed by atoms with Gasteiger partial charge in [0.15, 0.2) is 5.96 Å². The molecule has 23 heavy (non-hydrogen) atoms. The van der Waals surface area contributed by atoms with Gasteiger partial charge in [-0.2, -0.15) is 0 Å². The number of aliphatic imine (C=N–C) groups is 1. The Morgan fingerprint density at radius 1 is 1.35 bits per heavy atom. The highest BCUT2D eigenvalue weighted by atomic mass is 32.1. The minimum absolute atomic E-state index is 0.323. The van der Waals surface area contributed by atoms with E-state index in [0.29, 0.717) is 19.0 Å². The van der Waals surface area contributed by atoms with Gasteiger partial charge in [0.05, 0.1) is 6.54 Å². The summed E-state index contributed by atoms with van der Waals surface area (Å²) in [5, 5.41) is 6.44. The summed E-state index contributed by atoms with van der Waals surface area (Å²) in [6, 6.07) is 4.21. The third-order valence-electron chi connectivity index (χ3n) is 2.89. The van der Waals surface area contributed by atoms with Crippen LogP contribution in [0.3, 0.4) is 0 Å². The first kappa shape index (κ1) is 19.3. The number of carbonyl (C=O) groups is 1. The Bertz CT molecular complexity index is 534. The fourth-order valence-corrected chi connectivity index (χ4v) is 2.57. The summed E-state index contributed by atoms with van der Waals surface area (Å²) in [7, 11) is 3.45. The van der Waals surface area contributed by atoms with E-state index in [1.807, 2.05) is 20.8 Å². The van der Waals surface area contributed by atoms with Gasteiger partial charge in [-0.15, -0.1) is 11.3 Å². The second-order valence-electron chi connectivity index (χ2n) is 6.27. The summed E-state index contributed by atoms with van der Waals surface area (Å²) in [6.45, 7) is 9.53. The molecule has 1 amide bonds. The molecule has 6 nitrogen and oxygen atoms in total. The van der Waals surface area contributed by atoms with Crippen LogP contribution in [0.1, 0.15) is 30.5 Å². The van der Waals surface area contributed by atoms with Crippen LogP contribution in [-0.2, 0) is 11.3 Å². The lowest BCUT2D eigenvalue weighted by Crippen LogP contribution is -2.42. The SMILES string of the molecule is CN=C(NCCN(C)C(=O)OC(C)(C)C)NCc1ccc(C)s1. The van der Waals surface area contributed by atoms with Crippen molar-refractivity contribution in [3.8, 4) is 0 Å². The average molecular weight is 340 g/mol. The summed E-state index contributed by atoms with van der Waals surface area (Å²) in [6.07, 6.45) is -0.323. The number of carbonyl (C=O) groups excluding carboxylic acids is 1. The molecular weight excluding hydrogens is 312 g/mol. The van der Waals surface area contributed by atoms with Gasteiger partial charge in [-0.1, -0.05) is 0 Å². The van der Waals surface area contributed by atoms with Crippen molar-refractivity contribution in [1.29, 1.82) is 0 Å². The molecule has 0 atom stereocenters. The molecule has 0 aliphatic heterocycles. The number of amides is 1. The maximum atomic E-state index is 11.8. The predicted molar refractivity (Wildman–Crippen MR) is 96.1 cm³/mol. The van der Waals surface area contributed by atoms with E-state index in [-0.39, 0.29) is 6.09 Å². The van der Waals surface area contributed by atoms with Gasteiger partial charge in [0.25, 0.3) is 0 Å². The van der Waals surface area contributed by atoms with E-state index < -0.39 is 5.60 Å². The van der Waals surface area contributed by atoms with Crippen molar-refractivity contribution >= 4 is 23.4 Å². The summed E-state index contributed by atoms with van der Waals surface area (Å²) in [5.41, 5.74) is -0.477. The Morgan fingerprint density at radius 3 is 2.57 bits per heavy atom. The van der Waals surface area contributed by atoms with Gasteiger partial charge in [0.1, 0.15) is 5.60 Å². The Balaban J connectivity index is 2.30. The van der Waals surface area contributed by atoms with Crippen LogP contribution < -0.4 is 10.6 Å². The van der Waals surface area contributed by atoms with Crippen molar-refractivity contribution in [2.75, 3.05) is 27.2 Å². The summed E-state index contributed by atoms with van der Waals surface area (Å²) in [4.78, 5) is 20.1. The van der Waals surface area contributed by atoms with Crippen molar-refractivity contribution < 1.29 is 9.53 Å². The Labute approximate surface area is 142 Å². The molecule has 1 rings (SSSR count). The van der Waals surface area contributed by atoms with E-state index in [9.17, 15) is 4.79 Å². The molecule has 0 bridgehead atoms. The molecule has 0 aliphatic rings. The van der Waals surface area contributed by atoms with Gasteiger partial charge in [-0.25, -0.2) is 4.79 Å². The number of hydrogen-bond acceptors (Lipinski definition) is 4. The van der Waals surface area contributed by atoms with Crippen molar-refractivity contribution in [3.05, 3.63) is 21.9 Å². The number of rotatable bonds is 5. The first-order chi connectivity index (χ1) is 10.7. The van der Waals surface area contributed by atoms with Crippen LogP contribution in [0.4, 0.5) is 4.79 Å². The normalized spacial score (nSPS) is 12.0. The Hall–Kier alpha value is -1.76. The zero-order valence-corrected chi connectivity index (χ0v) is 15.7. The number of nitrogens with zero attached hydrogens (tertiary/aromatic N) is 2. The number of hydrogen-bond donors (Lipinski definition) is 2. The van der Waals surface area contributed by atoms with E-state index in [4.69, 9.17) is 4.74 Å². The topological polar surface area (TPSA) is 66.0 Å². The van der Waals surface area contributed by atoms with Crippen molar-refractivity contribution in [2.45, 2.75) is 39.8 Å². The molecule has 0 unspecified atom stereocenters. The van der Waals surface area contributed by atoms with Gasteiger partial charge in [0.2, 0.25) is 0 Å². The second kappa shape index (κ2) is 8.76. The average Bonchev–Trinajstić information content (AvgIpc) is 2.86. The molecule has 0 saturated heterocycles. The van der Waals surface area contributed by atoms with Gasteiger partial charge in [-0.05, 0) is 39.8 Å². The van der Waals surface area contributed by atoms with Crippen LogP contribution in [0.15, 0.2) is 17.1 Å². The van der Waals surface area contributed by atoms with Crippen LogP contribution in [0.5, 0.6) is 0 Å². The highest BCUT2D eigenvalue weighted by Gasteiger charge is 2.19. The van der Waals surface area contributed by atoms with E-state index in [2.05, 4.69) is 34.7 Å². The molecule has 0 saturated carbocycles. The quantitative estimate of drug-likeness (QED) is 0.639. The molecule has 0 aliphatic carbocycles. The molecule has 0 radical (unpaired) electrons.